The number of halogens is 2. The molecule has 0 heterocycles. The SMILES string of the molecule is COc1ccc(C(O)c2cccc(Cl)c2)cc1F. The molecule has 0 bridgehead atoms. The molecule has 0 aliphatic carbocycles. The lowest BCUT2D eigenvalue weighted by Crippen LogP contribution is -2.00. The Morgan fingerprint density at radius 2 is 1.89 bits per heavy atom. The third kappa shape index (κ3) is 2.63. The van der Waals surface area contributed by atoms with Gasteiger partial charge in [0.1, 0.15) is 6.10 Å². The molecule has 1 N–H and O–H groups in total. The molecule has 4 heteroatoms. The first kappa shape index (κ1) is 12.9. The number of methoxy groups -OCH3 is 1. The van der Waals surface area contributed by atoms with E-state index in [0.717, 1.165) is 0 Å². The normalized spacial score (nSPS) is 12.2. The van der Waals surface area contributed by atoms with Crippen molar-refractivity contribution in [3.63, 3.8) is 0 Å². The minimum absolute atomic E-state index is 0.150. The maximum Gasteiger partial charge on any atom is 0.165 e. The molecule has 2 aromatic rings. The van der Waals surface area contributed by atoms with Gasteiger partial charge in [-0.1, -0.05) is 29.8 Å². The Morgan fingerprint density at radius 1 is 1.17 bits per heavy atom. The van der Waals surface area contributed by atoms with Crippen LogP contribution in [0.1, 0.15) is 17.2 Å². The molecule has 1 unspecified atom stereocenters. The summed E-state index contributed by atoms with van der Waals surface area (Å²) in [6, 6.07) is 11.2. The van der Waals surface area contributed by atoms with E-state index in [-0.39, 0.29) is 5.75 Å². The van der Waals surface area contributed by atoms with Crippen molar-refractivity contribution in [2.24, 2.45) is 0 Å². The lowest BCUT2D eigenvalue weighted by molar-refractivity contribution is 0.219. The second-order valence-electron chi connectivity index (χ2n) is 3.85. The van der Waals surface area contributed by atoms with Crippen LogP contribution >= 0.6 is 11.6 Å². The van der Waals surface area contributed by atoms with Gasteiger partial charge >= 0.3 is 0 Å². The molecular weight excluding hydrogens is 255 g/mol. The fraction of sp³-hybridized carbons (Fsp3) is 0.143. The Labute approximate surface area is 110 Å². The predicted octanol–water partition coefficient (Wildman–Crippen LogP) is 3.57. The highest BCUT2D eigenvalue weighted by Crippen LogP contribution is 2.27. The average Bonchev–Trinajstić information content (AvgIpc) is 2.37. The fourth-order valence-corrected chi connectivity index (χ4v) is 1.92. The lowest BCUT2D eigenvalue weighted by Gasteiger charge is -2.12. The van der Waals surface area contributed by atoms with Crippen molar-refractivity contribution in [2.45, 2.75) is 6.10 Å². The maximum absolute atomic E-state index is 13.5. The summed E-state index contributed by atoms with van der Waals surface area (Å²) in [6.07, 6.45) is -0.913. The molecule has 94 valence electrons. The minimum atomic E-state index is -0.913. The monoisotopic (exact) mass is 266 g/mol. The number of benzene rings is 2. The van der Waals surface area contributed by atoms with Crippen LogP contribution in [0.3, 0.4) is 0 Å². The van der Waals surface area contributed by atoms with Crippen LogP contribution < -0.4 is 4.74 Å². The molecule has 18 heavy (non-hydrogen) atoms. The van der Waals surface area contributed by atoms with E-state index in [1.54, 1.807) is 30.3 Å². The summed E-state index contributed by atoms with van der Waals surface area (Å²) in [7, 11) is 1.39. The van der Waals surface area contributed by atoms with Gasteiger partial charge in [0.25, 0.3) is 0 Å². The largest absolute Gasteiger partial charge is 0.494 e. The summed E-state index contributed by atoms with van der Waals surface area (Å²) in [5.41, 5.74) is 1.07. The van der Waals surface area contributed by atoms with Crippen LogP contribution in [0.25, 0.3) is 0 Å². The van der Waals surface area contributed by atoms with Crippen molar-refractivity contribution in [2.75, 3.05) is 7.11 Å². The van der Waals surface area contributed by atoms with E-state index in [2.05, 4.69) is 0 Å². The van der Waals surface area contributed by atoms with Gasteiger partial charge in [-0.25, -0.2) is 4.39 Å². The van der Waals surface area contributed by atoms with Gasteiger partial charge in [0.2, 0.25) is 0 Å². The van der Waals surface area contributed by atoms with Gasteiger partial charge in [-0.2, -0.15) is 0 Å². The van der Waals surface area contributed by atoms with Crippen LogP contribution in [0.15, 0.2) is 42.5 Å². The Bertz CT molecular complexity index is 557. The van der Waals surface area contributed by atoms with Crippen LogP contribution in [0.4, 0.5) is 4.39 Å². The molecule has 0 fully saturated rings. The molecule has 2 aromatic carbocycles. The molecule has 2 nitrogen and oxygen atoms in total. The summed E-state index contributed by atoms with van der Waals surface area (Å²) >= 11 is 5.85. The van der Waals surface area contributed by atoms with Crippen LogP contribution in [-0.2, 0) is 0 Å². The Morgan fingerprint density at radius 3 is 2.50 bits per heavy atom. The van der Waals surface area contributed by atoms with Crippen LogP contribution in [-0.4, -0.2) is 12.2 Å². The average molecular weight is 267 g/mol. The summed E-state index contributed by atoms with van der Waals surface area (Å²) in [5, 5.41) is 10.7. The fourth-order valence-electron chi connectivity index (χ4n) is 1.72. The van der Waals surface area contributed by atoms with E-state index in [4.69, 9.17) is 16.3 Å². The molecule has 0 aliphatic rings. The topological polar surface area (TPSA) is 29.5 Å². The highest BCUT2D eigenvalue weighted by atomic mass is 35.5. The molecule has 0 radical (unpaired) electrons. The van der Waals surface area contributed by atoms with Crippen molar-refractivity contribution in [1.29, 1.82) is 0 Å². The highest BCUT2D eigenvalue weighted by molar-refractivity contribution is 6.30. The van der Waals surface area contributed by atoms with Gasteiger partial charge in [0, 0.05) is 5.02 Å². The third-order valence-electron chi connectivity index (χ3n) is 2.66. The Hall–Kier alpha value is -1.58. The van der Waals surface area contributed by atoms with Crippen molar-refractivity contribution >= 4 is 11.6 Å². The predicted molar refractivity (Wildman–Crippen MR) is 68.5 cm³/mol. The molecule has 0 saturated heterocycles. The Balaban J connectivity index is 2.34. The van der Waals surface area contributed by atoms with Crippen molar-refractivity contribution in [3.05, 3.63) is 64.4 Å². The van der Waals surface area contributed by atoms with E-state index in [1.165, 1.54) is 19.2 Å². The van der Waals surface area contributed by atoms with E-state index >= 15 is 0 Å². The highest BCUT2D eigenvalue weighted by Gasteiger charge is 2.13. The number of aliphatic hydroxyl groups excluding tert-OH is 1. The number of hydrogen-bond donors (Lipinski definition) is 1. The van der Waals surface area contributed by atoms with Gasteiger partial charge in [0.15, 0.2) is 11.6 Å². The van der Waals surface area contributed by atoms with Gasteiger partial charge in [-0.05, 0) is 35.4 Å². The molecule has 0 aliphatic heterocycles. The zero-order chi connectivity index (χ0) is 13.1. The zero-order valence-corrected chi connectivity index (χ0v) is 10.5. The third-order valence-corrected chi connectivity index (χ3v) is 2.89. The molecule has 0 saturated carbocycles. The number of ether oxygens (including phenoxy) is 1. The summed E-state index contributed by atoms with van der Waals surface area (Å²) < 4.78 is 18.4. The quantitative estimate of drug-likeness (QED) is 0.920. The lowest BCUT2D eigenvalue weighted by atomic mass is 10.0. The van der Waals surface area contributed by atoms with E-state index in [1.807, 2.05) is 0 Å². The molecule has 0 spiro atoms. The van der Waals surface area contributed by atoms with Crippen molar-refractivity contribution < 1.29 is 14.2 Å². The summed E-state index contributed by atoms with van der Waals surface area (Å²) in [4.78, 5) is 0. The van der Waals surface area contributed by atoms with Crippen LogP contribution in [0.2, 0.25) is 5.02 Å². The number of aliphatic hydroxyl groups is 1. The van der Waals surface area contributed by atoms with Crippen molar-refractivity contribution in [3.8, 4) is 5.75 Å². The van der Waals surface area contributed by atoms with E-state index in [0.29, 0.717) is 16.1 Å². The van der Waals surface area contributed by atoms with Crippen LogP contribution in [0.5, 0.6) is 5.75 Å². The molecule has 1 atom stereocenters. The standard InChI is InChI=1S/C14H12ClFO2/c1-18-13-6-5-10(8-12(13)16)14(17)9-3-2-4-11(15)7-9/h2-8,14,17H,1H3. The number of rotatable bonds is 3. The summed E-state index contributed by atoms with van der Waals surface area (Å²) in [5.74, 6) is -0.354. The molecule has 0 aromatic heterocycles. The molecular formula is C14H12ClFO2. The second-order valence-corrected chi connectivity index (χ2v) is 4.29. The number of hydrogen-bond acceptors (Lipinski definition) is 2. The van der Waals surface area contributed by atoms with Gasteiger partial charge < -0.3 is 9.84 Å². The maximum atomic E-state index is 13.5. The molecule has 2 rings (SSSR count). The van der Waals surface area contributed by atoms with E-state index < -0.39 is 11.9 Å². The smallest absolute Gasteiger partial charge is 0.165 e. The minimum Gasteiger partial charge on any atom is -0.494 e. The molecule has 0 amide bonds. The first-order valence-corrected chi connectivity index (χ1v) is 5.76. The Kier molecular flexibility index (Phi) is 3.84. The van der Waals surface area contributed by atoms with Gasteiger partial charge in [-0.15, -0.1) is 0 Å². The second kappa shape index (κ2) is 5.38. The first-order chi connectivity index (χ1) is 8.61. The van der Waals surface area contributed by atoms with Gasteiger partial charge in [-0.3, -0.25) is 0 Å². The first-order valence-electron chi connectivity index (χ1n) is 5.39. The van der Waals surface area contributed by atoms with Crippen LogP contribution in [0, 0.1) is 5.82 Å². The summed E-state index contributed by atoms with van der Waals surface area (Å²) in [6.45, 7) is 0. The van der Waals surface area contributed by atoms with Crippen molar-refractivity contribution in [1.82, 2.24) is 0 Å². The van der Waals surface area contributed by atoms with Gasteiger partial charge in [0.05, 0.1) is 7.11 Å². The van der Waals surface area contributed by atoms with E-state index in [9.17, 15) is 9.50 Å². The zero-order valence-electron chi connectivity index (χ0n) is 9.73.